The lowest BCUT2D eigenvalue weighted by atomic mass is 10.1. The Hall–Kier alpha value is -1.40. The summed E-state index contributed by atoms with van der Waals surface area (Å²) in [6, 6.07) is 0. The van der Waals surface area contributed by atoms with Gasteiger partial charge in [-0.25, -0.2) is 0 Å². The van der Waals surface area contributed by atoms with E-state index < -0.39 is 11.2 Å². The summed E-state index contributed by atoms with van der Waals surface area (Å²) in [4.78, 5) is 8.75. The molecule has 0 aliphatic carbocycles. The molecule has 2 rings (SSSR count). The van der Waals surface area contributed by atoms with Crippen LogP contribution in [0.5, 0.6) is 0 Å². The van der Waals surface area contributed by atoms with Gasteiger partial charge in [0.25, 0.3) is 0 Å². The summed E-state index contributed by atoms with van der Waals surface area (Å²) in [5.74, 6) is 0. The van der Waals surface area contributed by atoms with Crippen molar-refractivity contribution in [2.24, 2.45) is 0 Å². The molecule has 0 radical (unpaired) electrons. The monoisotopic (exact) mass is 310 g/mol. The van der Waals surface area contributed by atoms with E-state index in [-0.39, 0.29) is 0 Å². The summed E-state index contributed by atoms with van der Waals surface area (Å²) in [5.41, 5.74) is -1.34. The topological polar surface area (TPSA) is 53.4 Å². The normalized spacial score (nSPS) is 19.0. The zero-order chi connectivity index (χ0) is 16.4. The third-order valence-corrected chi connectivity index (χ3v) is 3.56. The van der Waals surface area contributed by atoms with Gasteiger partial charge in [-0.2, -0.15) is 0 Å². The fourth-order valence-corrected chi connectivity index (χ4v) is 2.78. The third kappa shape index (κ3) is 5.77. The fraction of sp³-hybridized carbons (Fsp3) is 0.750. The van der Waals surface area contributed by atoms with E-state index >= 15 is 0 Å². The van der Waals surface area contributed by atoms with Crippen LogP contribution in [0.4, 0.5) is 0 Å². The highest BCUT2D eigenvalue weighted by atomic mass is 16.3. The zero-order valence-corrected chi connectivity index (χ0v) is 14.2. The molecule has 6 nitrogen and oxygen atoms in total. The van der Waals surface area contributed by atoms with E-state index in [1.54, 1.807) is 0 Å². The van der Waals surface area contributed by atoms with Crippen molar-refractivity contribution >= 4 is 0 Å². The van der Waals surface area contributed by atoms with Crippen molar-refractivity contribution in [2.75, 3.05) is 39.5 Å². The Morgan fingerprint density at radius 1 is 0.682 bits per heavy atom. The van der Waals surface area contributed by atoms with Crippen LogP contribution in [-0.4, -0.2) is 80.5 Å². The largest absolute Gasteiger partial charge is 0.389 e. The highest BCUT2D eigenvalue weighted by molar-refractivity contribution is 4.96. The molecule has 2 N–H and O–H groups in total. The Morgan fingerprint density at radius 2 is 1.00 bits per heavy atom. The fourth-order valence-electron chi connectivity index (χ4n) is 2.78. The first-order valence-electron chi connectivity index (χ1n) is 7.88. The predicted molar refractivity (Wildman–Crippen MR) is 87.4 cm³/mol. The standard InChI is InChI=1S/C16H30N4O2/c1-15(2,21)11-19-9-7-17(13-19)5-6-18-8-10-20(14-18)12-16(3,4)22/h7-10,21-22H,5-6,11-14H2,1-4H3. The number of hydrogen-bond acceptors (Lipinski definition) is 6. The lowest BCUT2D eigenvalue weighted by Crippen LogP contribution is -2.40. The Kier molecular flexibility index (Phi) is 4.92. The van der Waals surface area contributed by atoms with Gasteiger partial charge in [-0.1, -0.05) is 0 Å². The first kappa shape index (κ1) is 17.0. The highest BCUT2D eigenvalue weighted by Crippen LogP contribution is 2.14. The van der Waals surface area contributed by atoms with Crippen molar-refractivity contribution in [3.63, 3.8) is 0 Å². The van der Waals surface area contributed by atoms with Crippen LogP contribution >= 0.6 is 0 Å². The van der Waals surface area contributed by atoms with Gasteiger partial charge in [-0.05, 0) is 27.7 Å². The van der Waals surface area contributed by atoms with Crippen LogP contribution in [0.1, 0.15) is 27.7 Å². The maximum atomic E-state index is 9.85. The Bertz CT molecular complexity index is 383. The minimum atomic E-state index is -0.671. The van der Waals surface area contributed by atoms with E-state index in [2.05, 4.69) is 32.0 Å². The molecule has 2 heterocycles. The van der Waals surface area contributed by atoms with Crippen LogP contribution in [0.2, 0.25) is 0 Å². The molecule has 0 unspecified atom stereocenters. The molecular formula is C16H30N4O2. The maximum absolute atomic E-state index is 9.85. The van der Waals surface area contributed by atoms with Gasteiger partial charge < -0.3 is 29.8 Å². The van der Waals surface area contributed by atoms with Crippen LogP contribution in [-0.2, 0) is 0 Å². The van der Waals surface area contributed by atoms with E-state index in [1.807, 2.05) is 40.1 Å². The molecule has 126 valence electrons. The first-order chi connectivity index (χ1) is 10.1. The summed E-state index contributed by atoms with van der Waals surface area (Å²) >= 11 is 0. The van der Waals surface area contributed by atoms with Crippen LogP contribution in [0, 0.1) is 0 Å². The smallest absolute Gasteiger partial charge is 0.0895 e. The Balaban J connectivity index is 1.66. The molecule has 0 aromatic carbocycles. The molecular weight excluding hydrogens is 280 g/mol. The van der Waals surface area contributed by atoms with Crippen molar-refractivity contribution in [1.29, 1.82) is 0 Å². The number of aliphatic hydroxyl groups is 2. The third-order valence-electron chi connectivity index (χ3n) is 3.56. The van der Waals surface area contributed by atoms with Crippen LogP contribution in [0.15, 0.2) is 24.8 Å². The van der Waals surface area contributed by atoms with Crippen LogP contribution < -0.4 is 0 Å². The number of hydrogen-bond donors (Lipinski definition) is 2. The highest BCUT2D eigenvalue weighted by Gasteiger charge is 2.22. The summed E-state index contributed by atoms with van der Waals surface area (Å²) in [6.07, 6.45) is 8.25. The zero-order valence-electron chi connectivity index (χ0n) is 14.2. The van der Waals surface area contributed by atoms with Crippen molar-refractivity contribution in [3.8, 4) is 0 Å². The van der Waals surface area contributed by atoms with Gasteiger partial charge in [-0.15, -0.1) is 0 Å². The summed E-state index contributed by atoms with van der Waals surface area (Å²) in [5, 5.41) is 19.7. The average Bonchev–Trinajstić information content (AvgIpc) is 2.92. The molecule has 0 saturated heterocycles. The first-order valence-corrected chi connectivity index (χ1v) is 7.88. The second kappa shape index (κ2) is 6.38. The van der Waals surface area contributed by atoms with E-state index in [0.717, 1.165) is 26.4 Å². The van der Waals surface area contributed by atoms with E-state index in [4.69, 9.17) is 0 Å². The van der Waals surface area contributed by atoms with E-state index in [9.17, 15) is 10.2 Å². The van der Waals surface area contributed by atoms with Gasteiger partial charge in [0.15, 0.2) is 0 Å². The van der Waals surface area contributed by atoms with Gasteiger partial charge in [-0.3, -0.25) is 0 Å². The molecule has 0 bridgehead atoms. The second-order valence-electron chi connectivity index (χ2n) is 7.62. The molecule has 2 aliphatic heterocycles. The van der Waals surface area contributed by atoms with Crippen molar-refractivity contribution in [3.05, 3.63) is 24.8 Å². The molecule has 0 aromatic rings. The van der Waals surface area contributed by atoms with Crippen LogP contribution in [0.25, 0.3) is 0 Å². The second-order valence-corrected chi connectivity index (χ2v) is 7.62. The minimum Gasteiger partial charge on any atom is -0.389 e. The summed E-state index contributed by atoms with van der Waals surface area (Å²) < 4.78 is 0. The van der Waals surface area contributed by atoms with Crippen molar-refractivity contribution < 1.29 is 10.2 Å². The molecule has 0 saturated carbocycles. The molecule has 6 heteroatoms. The number of rotatable bonds is 7. The molecule has 0 atom stereocenters. The molecule has 0 fully saturated rings. The molecule has 0 spiro atoms. The van der Waals surface area contributed by atoms with Gasteiger partial charge in [0.2, 0.25) is 0 Å². The van der Waals surface area contributed by atoms with Crippen LogP contribution in [0.3, 0.4) is 0 Å². The Labute approximate surface area is 133 Å². The molecule has 22 heavy (non-hydrogen) atoms. The summed E-state index contributed by atoms with van der Waals surface area (Å²) in [7, 11) is 0. The predicted octanol–water partition coefficient (Wildman–Crippen LogP) is 0.621. The molecule has 0 amide bonds. The van der Waals surface area contributed by atoms with Crippen molar-refractivity contribution in [2.45, 2.75) is 38.9 Å². The lowest BCUT2D eigenvalue weighted by Gasteiger charge is -2.29. The van der Waals surface area contributed by atoms with Crippen molar-refractivity contribution in [1.82, 2.24) is 19.6 Å². The average molecular weight is 310 g/mol. The van der Waals surface area contributed by atoms with Gasteiger partial charge >= 0.3 is 0 Å². The van der Waals surface area contributed by atoms with Gasteiger partial charge in [0.05, 0.1) is 24.5 Å². The quantitative estimate of drug-likeness (QED) is 0.719. The van der Waals surface area contributed by atoms with Gasteiger partial charge in [0.1, 0.15) is 0 Å². The number of nitrogens with zero attached hydrogens (tertiary/aromatic N) is 4. The molecule has 0 aromatic heterocycles. The maximum Gasteiger partial charge on any atom is 0.0895 e. The van der Waals surface area contributed by atoms with E-state index in [0.29, 0.717) is 13.1 Å². The van der Waals surface area contributed by atoms with E-state index in [1.165, 1.54) is 0 Å². The number of β-amino-alcohol motifs (C(OH)–C–C–N with tert-alkyl or cyclic N) is 2. The lowest BCUT2D eigenvalue weighted by molar-refractivity contribution is 0.0417. The van der Waals surface area contributed by atoms with Gasteiger partial charge in [0, 0.05) is 51.0 Å². The summed E-state index contributed by atoms with van der Waals surface area (Å²) in [6.45, 7) is 12.1. The minimum absolute atomic E-state index is 0.642. The molecule has 2 aliphatic rings. The SMILES string of the molecule is CC(C)(O)CN1C=CN(CCN2C=CN(CC(C)(C)O)C2)C1. The Morgan fingerprint density at radius 3 is 1.32 bits per heavy atom.